The molecule has 0 radical (unpaired) electrons. The van der Waals surface area contributed by atoms with Gasteiger partial charge in [-0.3, -0.25) is 9.69 Å². The molecular formula is C14H20N2O3. The lowest BCUT2D eigenvalue weighted by Gasteiger charge is -2.35. The minimum Gasteiger partial charge on any atom is -0.482 e. The average molecular weight is 264 g/mol. The Balaban J connectivity index is 2.40. The number of hydrogen-bond acceptors (Lipinski definition) is 4. The van der Waals surface area contributed by atoms with Crippen molar-refractivity contribution >= 4 is 11.6 Å². The average Bonchev–Trinajstić information content (AvgIpc) is 2.25. The standard InChI is InChI=1S/C14H20N2O3/c1-14(2,18)13(16(3)4)9-5-6-11-10(7-9)15-12(17)8-19-11/h5-7,13,18H,8H2,1-4H3,(H,15,17). The van der Waals surface area contributed by atoms with Crippen molar-refractivity contribution in [3.05, 3.63) is 23.8 Å². The van der Waals surface area contributed by atoms with E-state index >= 15 is 0 Å². The van der Waals surface area contributed by atoms with E-state index in [-0.39, 0.29) is 18.6 Å². The maximum atomic E-state index is 11.3. The summed E-state index contributed by atoms with van der Waals surface area (Å²) in [5.41, 5.74) is 0.698. The highest BCUT2D eigenvalue weighted by molar-refractivity contribution is 5.95. The Bertz CT molecular complexity index is 492. The fourth-order valence-corrected chi connectivity index (χ4v) is 2.61. The summed E-state index contributed by atoms with van der Waals surface area (Å²) < 4.78 is 5.33. The normalized spacial score (nSPS) is 16.6. The van der Waals surface area contributed by atoms with Gasteiger partial charge in [-0.25, -0.2) is 0 Å². The van der Waals surface area contributed by atoms with E-state index in [1.807, 2.05) is 37.2 Å². The van der Waals surface area contributed by atoms with Crippen molar-refractivity contribution in [2.75, 3.05) is 26.0 Å². The van der Waals surface area contributed by atoms with Crippen LogP contribution >= 0.6 is 0 Å². The van der Waals surface area contributed by atoms with Crippen molar-refractivity contribution in [2.24, 2.45) is 0 Å². The van der Waals surface area contributed by atoms with Crippen LogP contribution in [0.5, 0.6) is 5.75 Å². The second kappa shape index (κ2) is 4.83. The van der Waals surface area contributed by atoms with Crippen molar-refractivity contribution < 1.29 is 14.6 Å². The number of nitrogens with zero attached hydrogens (tertiary/aromatic N) is 1. The van der Waals surface area contributed by atoms with Crippen molar-refractivity contribution in [1.82, 2.24) is 4.90 Å². The summed E-state index contributed by atoms with van der Waals surface area (Å²) in [6.07, 6.45) is 0. The maximum Gasteiger partial charge on any atom is 0.262 e. The minimum absolute atomic E-state index is 0.0505. The lowest BCUT2D eigenvalue weighted by Crippen LogP contribution is -2.38. The van der Waals surface area contributed by atoms with Gasteiger partial charge in [-0.05, 0) is 45.6 Å². The van der Waals surface area contributed by atoms with Crippen LogP contribution in [0.3, 0.4) is 0 Å². The number of hydrogen-bond donors (Lipinski definition) is 2. The molecule has 19 heavy (non-hydrogen) atoms. The number of likely N-dealkylation sites (N-methyl/N-ethyl adjacent to an activating group) is 1. The largest absolute Gasteiger partial charge is 0.482 e. The zero-order valence-corrected chi connectivity index (χ0v) is 11.7. The Morgan fingerprint density at radius 2 is 2.11 bits per heavy atom. The Morgan fingerprint density at radius 1 is 1.42 bits per heavy atom. The van der Waals surface area contributed by atoms with Gasteiger partial charge in [0.05, 0.1) is 17.3 Å². The molecule has 1 amide bonds. The maximum absolute atomic E-state index is 11.3. The van der Waals surface area contributed by atoms with Gasteiger partial charge in [0.2, 0.25) is 0 Å². The molecule has 1 unspecified atom stereocenters. The van der Waals surface area contributed by atoms with E-state index in [4.69, 9.17) is 4.74 Å². The van der Waals surface area contributed by atoms with Crippen LogP contribution in [0.4, 0.5) is 5.69 Å². The molecular weight excluding hydrogens is 244 g/mol. The van der Waals surface area contributed by atoms with Gasteiger partial charge >= 0.3 is 0 Å². The van der Waals surface area contributed by atoms with Gasteiger partial charge in [0, 0.05) is 0 Å². The molecule has 0 saturated carbocycles. The van der Waals surface area contributed by atoms with Crippen LogP contribution in [-0.2, 0) is 4.79 Å². The number of benzene rings is 1. The van der Waals surface area contributed by atoms with Crippen LogP contribution in [0.15, 0.2) is 18.2 Å². The molecule has 1 aliphatic heterocycles. The highest BCUT2D eigenvalue weighted by Gasteiger charge is 2.31. The third kappa shape index (κ3) is 2.88. The smallest absolute Gasteiger partial charge is 0.262 e. The summed E-state index contributed by atoms with van der Waals surface area (Å²) >= 11 is 0. The number of aliphatic hydroxyl groups is 1. The predicted molar refractivity (Wildman–Crippen MR) is 73.3 cm³/mol. The van der Waals surface area contributed by atoms with Crippen LogP contribution in [0.25, 0.3) is 0 Å². The molecule has 1 aromatic carbocycles. The van der Waals surface area contributed by atoms with Crippen molar-refractivity contribution in [3.63, 3.8) is 0 Å². The first-order valence-corrected chi connectivity index (χ1v) is 6.24. The third-order valence-corrected chi connectivity index (χ3v) is 3.14. The van der Waals surface area contributed by atoms with Crippen LogP contribution in [0, 0.1) is 0 Å². The molecule has 5 heteroatoms. The monoisotopic (exact) mass is 264 g/mol. The van der Waals surface area contributed by atoms with Gasteiger partial charge in [-0.15, -0.1) is 0 Å². The molecule has 5 nitrogen and oxygen atoms in total. The Kier molecular flexibility index (Phi) is 3.52. The summed E-state index contributed by atoms with van der Waals surface area (Å²) in [6, 6.07) is 5.43. The van der Waals surface area contributed by atoms with Crippen molar-refractivity contribution in [2.45, 2.75) is 25.5 Å². The van der Waals surface area contributed by atoms with Crippen LogP contribution < -0.4 is 10.1 Å². The number of carbonyl (C=O) groups excluding carboxylic acids is 1. The van der Waals surface area contributed by atoms with E-state index in [0.29, 0.717) is 11.4 Å². The number of amides is 1. The molecule has 0 fully saturated rings. The van der Waals surface area contributed by atoms with Crippen LogP contribution in [-0.4, -0.2) is 42.2 Å². The molecule has 1 aromatic rings. The Morgan fingerprint density at radius 3 is 2.68 bits per heavy atom. The summed E-state index contributed by atoms with van der Waals surface area (Å²) in [4.78, 5) is 13.3. The molecule has 0 bridgehead atoms. The number of anilines is 1. The molecule has 0 spiro atoms. The summed E-state index contributed by atoms with van der Waals surface area (Å²) in [7, 11) is 3.83. The molecule has 0 saturated heterocycles. The lowest BCUT2D eigenvalue weighted by molar-refractivity contribution is -0.118. The van der Waals surface area contributed by atoms with Gasteiger partial charge < -0.3 is 15.2 Å². The summed E-state index contributed by atoms with van der Waals surface area (Å²) in [6.45, 7) is 3.59. The molecule has 0 aliphatic carbocycles. The third-order valence-electron chi connectivity index (χ3n) is 3.14. The van der Waals surface area contributed by atoms with E-state index < -0.39 is 5.60 Å². The second-order valence-electron chi connectivity index (χ2n) is 5.61. The van der Waals surface area contributed by atoms with E-state index in [0.717, 1.165) is 5.56 Å². The van der Waals surface area contributed by atoms with Gasteiger partial charge in [-0.1, -0.05) is 6.07 Å². The highest BCUT2D eigenvalue weighted by atomic mass is 16.5. The Hall–Kier alpha value is -1.59. The zero-order valence-electron chi connectivity index (χ0n) is 11.7. The fourth-order valence-electron chi connectivity index (χ4n) is 2.61. The second-order valence-corrected chi connectivity index (χ2v) is 5.61. The predicted octanol–water partition coefficient (Wildman–Crippen LogP) is 1.39. The van der Waals surface area contributed by atoms with Crippen molar-refractivity contribution in [3.8, 4) is 5.75 Å². The quantitative estimate of drug-likeness (QED) is 0.866. The van der Waals surface area contributed by atoms with Gasteiger partial charge in [0.1, 0.15) is 5.75 Å². The first-order chi connectivity index (χ1) is 8.79. The molecule has 104 valence electrons. The molecule has 1 aliphatic rings. The zero-order chi connectivity index (χ0) is 14.2. The number of nitrogens with one attached hydrogen (secondary N) is 1. The molecule has 0 aromatic heterocycles. The van der Waals surface area contributed by atoms with E-state index in [1.54, 1.807) is 13.8 Å². The molecule has 2 N–H and O–H groups in total. The van der Waals surface area contributed by atoms with Gasteiger partial charge in [-0.2, -0.15) is 0 Å². The molecule has 1 atom stereocenters. The highest BCUT2D eigenvalue weighted by Crippen LogP contribution is 2.35. The number of carbonyl (C=O) groups is 1. The number of fused-ring (bicyclic) bond motifs is 1. The van der Waals surface area contributed by atoms with E-state index in [1.165, 1.54) is 0 Å². The Labute approximate surface area is 113 Å². The van der Waals surface area contributed by atoms with Crippen LogP contribution in [0.2, 0.25) is 0 Å². The number of ether oxygens (including phenoxy) is 1. The van der Waals surface area contributed by atoms with Gasteiger partial charge in [0.25, 0.3) is 5.91 Å². The summed E-state index contributed by atoms with van der Waals surface area (Å²) in [5, 5.41) is 13.1. The fraction of sp³-hybridized carbons (Fsp3) is 0.500. The minimum atomic E-state index is -0.892. The first kappa shape index (κ1) is 13.8. The SMILES string of the molecule is CN(C)C(c1ccc2c(c1)NC(=O)CO2)C(C)(C)O. The lowest BCUT2D eigenvalue weighted by atomic mass is 9.90. The van der Waals surface area contributed by atoms with Crippen molar-refractivity contribution in [1.29, 1.82) is 0 Å². The molecule has 2 rings (SSSR count). The van der Waals surface area contributed by atoms with Crippen LogP contribution in [0.1, 0.15) is 25.5 Å². The first-order valence-electron chi connectivity index (χ1n) is 6.24. The van der Waals surface area contributed by atoms with E-state index in [9.17, 15) is 9.90 Å². The topological polar surface area (TPSA) is 61.8 Å². The number of rotatable bonds is 3. The van der Waals surface area contributed by atoms with Gasteiger partial charge in [0.15, 0.2) is 6.61 Å². The molecule has 1 heterocycles. The summed E-state index contributed by atoms with van der Waals surface area (Å²) in [5.74, 6) is 0.505. The van der Waals surface area contributed by atoms with E-state index in [2.05, 4.69) is 5.32 Å².